The minimum absolute atomic E-state index is 0.0108. The molecule has 0 unspecified atom stereocenters. The van der Waals surface area contributed by atoms with E-state index in [-0.39, 0.29) is 29.8 Å². The Morgan fingerprint density at radius 1 is 0.967 bits per heavy atom. The Balaban J connectivity index is 1.68. The molecule has 0 saturated heterocycles. The molecule has 0 radical (unpaired) electrons. The van der Waals surface area contributed by atoms with Gasteiger partial charge in [-0.25, -0.2) is 0 Å². The van der Waals surface area contributed by atoms with Gasteiger partial charge in [0.15, 0.2) is 5.11 Å². The van der Waals surface area contributed by atoms with Crippen LogP contribution in [0, 0.1) is 6.92 Å². The number of carbonyl (C=O) groups is 3. The van der Waals surface area contributed by atoms with Crippen molar-refractivity contribution in [1.29, 1.82) is 0 Å². The van der Waals surface area contributed by atoms with E-state index in [4.69, 9.17) is 17.0 Å². The molecule has 2 aromatic rings. The molecule has 2 aromatic carbocycles. The number of carbonyl (C=O) groups excluding carboxylic acids is 3. The van der Waals surface area contributed by atoms with Gasteiger partial charge in [0, 0.05) is 24.1 Å². The smallest absolute Gasteiger partial charge is 0.257 e. The van der Waals surface area contributed by atoms with Crippen LogP contribution in [-0.4, -0.2) is 29.4 Å². The summed E-state index contributed by atoms with van der Waals surface area (Å²) in [6.45, 7) is 4.33. The molecule has 0 aliphatic rings. The second-order valence-electron chi connectivity index (χ2n) is 6.33. The maximum atomic E-state index is 12.1. The summed E-state index contributed by atoms with van der Waals surface area (Å²) in [5, 5.41) is 5.12. The molecule has 158 valence electrons. The van der Waals surface area contributed by atoms with Crippen LogP contribution in [0.2, 0.25) is 0 Å². The van der Waals surface area contributed by atoms with Gasteiger partial charge < -0.3 is 10.1 Å². The minimum atomic E-state index is -0.441. The lowest BCUT2D eigenvalue weighted by Gasteiger charge is -2.11. The third kappa shape index (κ3) is 7.88. The average Bonchev–Trinajstić information content (AvgIpc) is 2.72. The van der Waals surface area contributed by atoms with Gasteiger partial charge in [-0.05, 0) is 62.5 Å². The normalized spacial score (nSPS) is 9.93. The van der Waals surface area contributed by atoms with Crippen LogP contribution in [0.5, 0.6) is 5.75 Å². The number of hydrogen-bond donors (Lipinski definition) is 4. The van der Waals surface area contributed by atoms with E-state index in [1.165, 1.54) is 0 Å². The number of ether oxygens (including phenoxy) is 1. The monoisotopic (exact) mass is 428 g/mol. The van der Waals surface area contributed by atoms with Crippen molar-refractivity contribution in [2.75, 3.05) is 11.9 Å². The summed E-state index contributed by atoms with van der Waals surface area (Å²) < 4.78 is 5.34. The Morgan fingerprint density at radius 2 is 1.67 bits per heavy atom. The van der Waals surface area contributed by atoms with E-state index in [1.807, 2.05) is 19.9 Å². The number of benzene rings is 2. The predicted octanol–water partition coefficient (Wildman–Crippen LogP) is 2.45. The van der Waals surface area contributed by atoms with Gasteiger partial charge in [-0.1, -0.05) is 17.7 Å². The Labute approximate surface area is 180 Å². The number of thiocarbonyl (C=S) groups is 1. The second kappa shape index (κ2) is 11.5. The predicted molar refractivity (Wildman–Crippen MR) is 118 cm³/mol. The van der Waals surface area contributed by atoms with E-state index < -0.39 is 5.91 Å². The van der Waals surface area contributed by atoms with Crippen molar-refractivity contribution in [3.8, 4) is 5.75 Å². The highest BCUT2D eigenvalue weighted by molar-refractivity contribution is 7.80. The first-order valence-electron chi connectivity index (χ1n) is 9.37. The van der Waals surface area contributed by atoms with Crippen molar-refractivity contribution >= 4 is 40.7 Å². The molecule has 3 amide bonds. The van der Waals surface area contributed by atoms with Crippen molar-refractivity contribution < 1.29 is 19.1 Å². The van der Waals surface area contributed by atoms with Crippen molar-refractivity contribution in [1.82, 2.24) is 16.2 Å². The quantitative estimate of drug-likeness (QED) is 0.399. The number of rotatable bonds is 7. The number of hydrogen-bond acceptors (Lipinski definition) is 5. The van der Waals surface area contributed by atoms with Crippen LogP contribution >= 0.6 is 12.2 Å². The lowest BCUT2D eigenvalue weighted by molar-refractivity contribution is -0.124. The number of aryl methyl sites for hydroxylation is 1. The highest BCUT2D eigenvalue weighted by Crippen LogP contribution is 2.15. The lowest BCUT2D eigenvalue weighted by atomic mass is 10.1. The summed E-state index contributed by atoms with van der Waals surface area (Å²) in [4.78, 5) is 35.9. The van der Waals surface area contributed by atoms with Crippen LogP contribution in [-0.2, 0) is 9.59 Å². The van der Waals surface area contributed by atoms with E-state index in [9.17, 15) is 14.4 Å². The van der Waals surface area contributed by atoms with Gasteiger partial charge in [-0.15, -0.1) is 0 Å². The summed E-state index contributed by atoms with van der Waals surface area (Å²) in [7, 11) is 0. The molecule has 0 aliphatic carbocycles. The minimum Gasteiger partial charge on any atom is -0.494 e. The maximum absolute atomic E-state index is 12.1. The van der Waals surface area contributed by atoms with Crippen LogP contribution in [0.25, 0.3) is 0 Å². The third-order valence-corrected chi connectivity index (χ3v) is 4.06. The largest absolute Gasteiger partial charge is 0.494 e. The zero-order valence-corrected chi connectivity index (χ0v) is 17.6. The van der Waals surface area contributed by atoms with Crippen LogP contribution in [0.15, 0.2) is 48.5 Å². The van der Waals surface area contributed by atoms with Crippen molar-refractivity contribution in [3.63, 3.8) is 0 Å². The van der Waals surface area contributed by atoms with Gasteiger partial charge in [-0.3, -0.25) is 30.6 Å². The Morgan fingerprint density at radius 3 is 2.33 bits per heavy atom. The van der Waals surface area contributed by atoms with E-state index >= 15 is 0 Å². The fraction of sp³-hybridized carbons (Fsp3) is 0.238. The van der Waals surface area contributed by atoms with Gasteiger partial charge >= 0.3 is 0 Å². The van der Waals surface area contributed by atoms with Gasteiger partial charge in [0.05, 0.1) is 6.61 Å². The molecule has 0 aromatic heterocycles. The number of amides is 3. The van der Waals surface area contributed by atoms with E-state index in [1.54, 1.807) is 42.5 Å². The Kier molecular flexibility index (Phi) is 8.76. The fourth-order valence-electron chi connectivity index (χ4n) is 2.43. The molecular formula is C21H24N4O4S. The molecule has 9 heteroatoms. The van der Waals surface area contributed by atoms with Crippen molar-refractivity contribution in [2.24, 2.45) is 0 Å². The molecule has 2 rings (SSSR count). The molecule has 0 saturated carbocycles. The lowest BCUT2D eigenvalue weighted by Crippen LogP contribution is -2.48. The average molecular weight is 429 g/mol. The van der Waals surface area contributed by atoms with E-state index in [0.29, 0.717) is 23.6 Å². The van der Waals surface area contributed by atoms with Gasteiger partial charge in [-0.2, -0.15) is 0 Å². The van der Waals surface area contributed by atoms with Gasteiger partial charge in [0.1, 0.15) is 5.75 Å². The molecule has 0 spiro atoms. The summed E-state index contributed by atoms with van der Waals surface area (Å²) in [6.07, 6.45) is -0.0621. The van der Waals surface area contributed by atoms with E-state index in [0.717, 1.165) is 5.56 Å². The molecule has 8 nitrogen and oxygen atoms in total. The zero-order chi connectivity index (χ0) is 21.9. The summed E-state index contributed by atoms with van der Waals surface area (Å²) in [5.41, 5.74) is 6.80. The summed E-state index contributed by atoms with van der Waals surface area (Å²) in [6, 6.07) is 14.0. The number of anilines is 1. The SMILES string of the molecule is CCOc1ccc(NC(=O)CCC(=O)NNC(=S)NC(=O)c2cccc(C)c2)cc1. The van der Waals surface area contributed by atoms with E-state index in [2.05, 4.69) is 21.5 Å². The second-order valence-corrected chi connectivity index (χ2v) is 6.74. The van der Waals surface area contributed by atoms with Crippen LogP contribution in [0.4, 0.5) is 5.69 Å². The standard InChI is InChI=1S/C21H24N4O4S/c1-3-29-17-9-7-16(8-10-17)22-18(26)11-12-19(27)24-25-21(30)23-20(28)15-6-4-5-14(2)13-15/h4-10,13H,3,11-12H2,1-2H3,(H,22,26)(H,24,27)(H2,23,25,28,30). The highest BCUT2D eigenvalue weighted by Gasteiger charge is 2.10. The van der Waals surface area contributed by atoms with Gasteiger partial charge in [0.25, 0.3) is 5.91 Å². The molecule has 0 bridgehead atoms. The van der Waals surface area contributed by atoms with Crippen molar-refractivity contribution in [2.45, 2.75) is 26.7 Å². The first-order valence-corrected chi connectivity index (χ1v) is 9.77. The molecule has 30 heavy (non-hydrogen) atoms. The van der Waals surface area contributed by atoms with Gasteiger partial charge in [0.2, 0.25) is 11.8 Å². The molecule has 4 N–H and O–H groups in total. The van der Waals surface area contributed by atoms with Crippen LogP contribution < -0.4 is 26.2 Å². The Hall–Kier alpha value is -3.46. The topological polar surface area (TPSA) is 109 Å². The Bertz CT molecular complexity index is 915. The first-order chi connectivity index (χ1) is 14.4. The molecule has 0 heterocycles. The summed E-state index contributed by atoms with van der Waals surface area (Å²) in [5.74, 6) is -0.416. The molecule has 0 aliphatic heterocycles. The fourth-order valence-corrected chi connectivity index (χ4v) is 2.58. The zero-order valence-electron chi connectivity index (χ0n) is 16.8. The number of nitrogens with one attached hydrogen (secondary N) is 4. The maximum Gasteiger partial charge on any atom is 0.257 e. The van der Waals surface area contributed by atoms with Crippen molar-refractivity contribution in [3.05, 3.63) is 59.7 Å². The molecular weight excluding hydrogens is 404 g/mol. The van der Waals surface area contributed by atoms with Crippen LogP contribution in [0.1, 0.15) is 35.7 Å². The molecule has 0 atom stereocenters. The number of hydrazine groups is 1. The third-order valence-electron chi connectivity index (χ3n) is 3.85. The highest BCUT2D eigenvalue weighted by atomic mass is 32.1. The van der Waals surface area contributed by atoms with Crippen LogP contribution in [0.3, 0.4) is 0 Å². The molecule has 0 fully saturated rings. The summed E-state index contributed by atoms with van der Waals surface area (Å²) >= 11 is 4.99. The first kappa shape index (κ1) is 22.8.